The van der Waals surface area contributed by atoms with Crippen molar-refractivity contribution in [2.75, 3.05) is 25.2 Å². The first-order valence-electron chi connectivity index (χ1n) is 9.25. The molecule has 3 aromatic rings. The van der Waals surface area contributed by atoms with Gasteiger partial charge < -0.3 is 15.0 Å². The molecule has 10 heteroatoms. The SMILES string of the molecule is COc1ccc2nc(SCC(=O)Nc3ccc(S(=O)(=O)N(C)C(C)C)cc3)[nH]c2c1. The van der Waals surface area contributed by atoms with E-state index in [1.54, 1.807) is 26.3 Å². The summed E-state index contributed by atoms with van der Waals surface area (Å²) in [4.78, 5) is 20.0. The lowest BCUT2D eigenvalue weighted by molar-refractivity contribution is -0.113. The van der Waals surface area contributed by atoms with Crippen LogP contribution in [0.5, 0.6) is 5.75 Å². The fourth-order valence-corrected chi connectivity index (χ4v) is 4.70. The zero-order valence-corrected chi connectivity index (χ0v) is 18.8. The van der Waals surface area contributed by atoms with Crippen molar-refractivity contribution in [1.29, 1.82) is 0 Å². The quantitative estimate of drug-likeness (QED) is 0.512. The van der Waals surface area contributed by atoms with E-state index in [1.165, 1.54) is 28.2 Å². The van der Waals surface area contributed by atoms with Crippen LogP contribution in [0.25, 0.3) is 11.0 Å². The van der Waals surface area contributed by atoms with E-state index < -0.39 is 10.0 Å². The van der Waals surface area contributed by atoms with Gasteiger partial charge in [0.05, 0.1) is 28.8 Å². The molecule has 0 fully saturated rings. The number of imidazole rings is 1. The van der Waals surface area contributed by atoms with Crippen LogP contribution in [0.2, 0.25) is 0 Å². The second kappa shape index (κ2) is 9.07. The highest BCUT2D eigenvalue weighted by Gasteiger charge is 2.22. The van der Waals surface area contributed by atoms with Gasteiger partial charge in [0.2, 0.25) is 15.9 Å². The number of nitrogens with one attached hydrogen (secondary N) is 2. The number of ether oxygens (including phenoxy) is 1. The van der Waals surface area contributed by atoms with Crippen molar-refractivity contribution >= 4 is 44.4 Å². The summed E-state index contributed by atoms with van der Waals surface area (Å²) in [6.45, 7) is 3.62. The van der Waals surface area contributed by atoms with Gasteiger partial charge >= 0.3 is 0 Å². The molecule has 1 aromatic heterocycles. The summed E-state index contributed by atoms with van der Waals surface area (Å²) in [5, 5.41) is 3.40. The first kappa shape index (κ1) is 22.1. The molecular formula is C20H24N4O4S2. The Morgan fingerprint density at radius 3 is 2.57 bits per heavy atom. The van der Waals surface area contributed by atoms with Gasteiger partial charge in [-0.25, -0.2) is 13.4 Å². The molecule has 0 spiro atoms. The Morgan fingerprint density at radius 2 is 1.93 bits per heavy atom. The molecule has 160 valence electrons. The number of benzene rings is 2. The zero-order chi connectivity index (χ0) is 21.9. The number of methoxy groups -OCH3 is 1. The summed E-state index contributed by atoms with van der Waals surface area (Å²) in [6, 6.07) is 11.5. The van der Waals surface area contributed by atoms with E-state index >= 15 is 0 Å². The number of nitrogens with zero attached hydrogens (tertiary/aromatic N) is 2. The number of carbonyl (C=O) groups excluding carboxylic acids is 1. The summed E-state index contributed by atoms with van der Waals surface area (Å²) in [6.07, 6.45) is 0. The molecule has 0 aliphatic carbocycles. The summed E-state index contributed by atoms with van der Waals surface area (Å²) >= 11 is 1.28. The Labute approximate surface area is 180 Å². The van der Waals surface area contributed by atoms with Crippen LogP contribution in [0.3, 0.4) is 0 Å². The van der Waals surface area contributed by atoms with Gasteiger partial charge in [-0.2, -0.15) is 4.31 Å². The standard InChI is InChI=1S/C20H24N4O4S2/c1-13(2)24(3)30(26,27)16-8-5-14(6-9-16)21-19(25)12-29-20-22-17-10-7-15(28-4)11-18(17)23-20/h5-11,13H,12H2,1-4H3,(H,21,25)(H,22,23). The van der Waals surface area contributed by atoms with Crippen molar-refractivity contribution < 1.29 is 17.9 Å². The van der Waals surface area contributed by atoms with E-state index in [4.69, 9.17) is 4.74 Å². The molecule has 0 bridgehead atoms. The van der Waals surface area contributed by atoms with Crippen LogP contribution in [-0.4, -0.2) is 54.6 Å². The number of hydrogen-bond acceptors (Lipinski definition) is 6. The fourth-order valence-electron chi connectivity index (χ4n) is 2.65. The van der Waals surface area contributed by atoms with Crippen LogP contribution in [-0.2, 0) is 14.8 Å². The molecule has 8 nitrogen and oxygen atoms in total. The van der Waals surface area contributed by atoms with Crippen LogP contribution >= 0.6 is 11.8 Å². The Balaban J connectivity index is 1.60. The number of anilines is 1. The Bertz CT molecular complexity index is 1140. The monoisotopic (exact) mass is 448 g/mol. The van der Waals surface area contributed by atoms with E-state index in [1.807, 2.05) is 32.0 Å². The number of H-pyrrole nitrogens is 1. The van der Waals surface area contributed by atoms with Crippen molar-refractivity contribution in [3.05, 3.63) is 42.5 Å². The smallest absolute Gasteiger partial charge is 0.243 e. The molecule has 0 atom stereocenters. The average molecular weight is 449 g/mol. The number of fused-ring (bicyclic) bond motifs is 1. The van der Waals surface area contributed by atoms with E-state index in [0.717, 1.165) is 16.8 Å². The largest absolute Gasteiger partial charge is 0.497 e. The molecule has 0 saturated carbocycles. The predicted octanol–water partition coefficient (Wildman–Crippen LogP) is 3.33. The Morgan fingerprint density at radius 1 is 1.23 bits per heavy atom. The minimum absolute atomic E-state index is 0.147. The van der Waals surface area contributed by atoms with Crippen LogP contribution < -0.4 is 10.1 Å². The van der Waals surface area contributed by atoms with Gasteiger partial charge in [-0.05, 0) is 50.2 Å². The molecule has 0 unspecified atom stereocenters. The summed E-state index contributed by atoms with van der Waals surface area (Å²) < 4.78 is 31.5. The topological polar surface area (TPSA) is 104 Å². The molecule has 1 amide bonds. The van der Waals surface area contributed by atoms with E-state index in [-0.39, 0.29) is 22.6 Å². The molecule has 0 radical (unpaired) electrons. The molecular weight excluding hydrogens is 424 g/mol. The minimum Gasteiger partial charge on any atom is -0.497 e. The second-order valence-electron chi connectivity index (χ2n) is 6.90. The fraction of sp³-hybridized carbons (Fsp3) is 0.300. The van der Waals surface area contributed by atoms with Crippen molar-refractivity contribution in [3.63, 3.8) is 0 Å². The van der Waals surface area contributed by atoms with E-state index in [0.29, 0.717) is 10.8 Å². The van der Waals surface area contributed by atoms with Crippen LogP contribution in [0.15, 0.2) is 52.5 Å². The van der Waals surface area contributed by atoms with Crippen molar-refractivity contribution in [3.8, 4) is 5.75 Å². The minimum atomic E-state index is -3.55. The first-order chi connectivity index (χ1) is 14.2. The number of aromatic amines is 1. The van der Waals surface area contributed by atoms with Gasteiger partial charge in [-0.1, -0.05) is 11.8 Å². The highest BCUT2D eigenvalue weighted by atomic mass is 32.2. The predicted molar refractivity (Wildman–Crippen MR) is 119 cm³/mol. The maximum absolute atomic E-state index is 12.5. The van der Waals surface area contributed by atoms with Crippen LogP contribution in [0, 0.1) is 0 Å². The maximum atomic E-state index is 12.5. The number of rotatable bonds is 8. The van der Waals surface area contributed by atoms with Gasteiger partial charge in [0, 0.05) is 24.8 Å². The van der Waals surface area contributed by atoms with Gasteiger partial charge in [0.1, 0.15) is 5.75 Å². The zero-order valence-electron chi connectivity index (χ0n) is 17.2. The van der Waals surface area contributed by atoms with Gasteiger partial charge in [-0.3, -0.25) is 4.79 Å². The first-order valence-corrected chi connectivity index (χ1v) is 11.7. The van der Waals surface area contributed by atoms with Crippen LogP contribution in [0.4, 0.5) is 5.69 Å². The number of thioether (sulfide) groups is 1. The highest BCUT2D eigenvalue weighted by molar-refractivity contribution is 7.99. The normalized spacial score (nSPS) is 11.9. The average Bonchev–Trinajstić information content (AvgIpc) is 3.14. The number of carbonyl (C=O) groups is 1. The molecule has 2 N–H and O–H groups in total. The lowest BCUT2D eigenvalue weighted by Crippen LogP contribution is -2.33. The van der Waals surface area contributed by atoms with Gasteiger partial charge in [0.15, 0.2) is 5.16 Å². The third kappa shape index (κ3) is 4.94. The number of aromatic nitrogens is 2. The molecule has 30 heavy (non-hydrogen) atoms. The second-order valence-corrected chi connectivity index (χ2v) is 9.86. The number of amides is 1. The third-order valence-corrected chi connectivity index (χ3v) is 7.47. The molecule has 0 aliphatic rings. The van der Waals surface area contributed by atoms with E-state index in [9.17, 15) is 13.2 Å². The van der Waals surface area contributed by atoms with Crippen molar-refractivity contribution in [1.82, 2.24) is 14.3 Å². The molecule has 0 saturated heterocycles. The van der Waals surface area contributed by atoms with Gasteiger partial charge in [0.25, 0.3) is 0 Å². The molecule has 0 aliphatic heterocycles. The third-order valence-electron chi connectivity index (χ3n) is 4.55. The van der Waals surface area contributed by atoms with E-state index in [2.05, 4.69) is 15.3 Å². The lowest BCUT2D eigenvalue weighted by atomic mass is 10.3. The van der Waals surface area contributed by atoms with Crippen molar-refractivity contribution in [2.24, 2.45) is 0 Å². The van der Waals surface area contributed by atoms with Gasteiger partial charge in [-0.15, -0.1) is 0 Å². The maximum Gasteiger partial charge on any atom is 0.243 e. The summed E-state index contributed by atoms with van der Waals surface area (Å²) in [7, 11) is -0.410. The van der Waals surface area contributed by atoms with Crippen LogP contribution in [0.1, 0.15) is 13.8 Å². The molecule has 3 rings (SSSR count). The lowest BCUT2D eigenvalue weighted by Gasteiger charge is -2.21. The Hall–Kier alpha value is -2.56. The van der Waals surface area contributed by atoms with Crippen molar-refractivity contribution in [2.45, 2.75) is 29.9 Å². The summed E-state index contributed by atoms with van der Waals surface area (Å²) in [5.41, 5.74) is 2.16. The Kier molecular flexibility index (Phi) is 6.69. The summed E-state index contributed by atoms with van der Waals surface area (Å²) in [5.74, 6) is 0.672. The highest BCUT2D eigenvalue weighted by Crippen LogP contribution is 2.24. The number of hydrogen-bond donors (Lipinski definition) is 2. The number of sulfonamides is 1. The molecule has 1 heterocycles. The molecule has 2 aromatic carbocycles.